The summed E-state index contributed by atoms with van der Waals surface area (Å²) in [5.41, 5.74) is 0. The SMILES string of the molecule is CC(=O)CC(=O)CC(=O)OOC(C)C.CC(=O)CC(=O)CC(=O)OOC(C)C.[Ti]. The van der Waals surface area contributed by atoms with Crippen LogP contribution in [0.4, 0.5) is 0 Å². The van der Waals surface area contributed by atoms with Crippen molar-refractivity contribution < 1.29 is 70.0 Å². The fourth-order valence-electron chi connectivity index (χ4n) is 1.36. The van der Waals surface area contributed by atoms with Gasteiger partial charge in [0, 0.05) is 21.7 Å². The maximum atomic E-state index is 10.9. The minimum atomic E-state index is -0.773. The van der Waals surface area contributed by atoms with Crippen LogP contribution < -0.4 is 0 Å². The minimum absolute atomic E-state index is 0. The molecule has 0 amide bonds. The second-order valence-electron chi connectivity index (χ2n) is 6.39. The van der Waals surface area contributed by atoms with Crippen LogP contribution >= 0.6 is 0 Å². The summed E-state index contributed by atoms with van der Waals surface area (Å²) in [6.07, 6.45) is -1.82. The Morgan fingerprint density at radius 1 is 0.586 bits per heavy atom. The van der Waals surface area contributed by atoms with Gasteiger partial charge in [0.15, 0.2) is 11.6 Å². The van der Waals surface area contributed by atoms with Crippen molar-refractivity contribution in [1.29, 1.82) is 0 Å². The summed E-state index contributed by atoms with van der Waals surface area (Å²) in [5.74, 6) is -3.01. The molecule has 0 aromatic heterocycles. The van der Waals surface area contributed by atoms with Crippen molar-refractivity contribution in [3.8, 4) is 0 Å². The normalized spacial score (nSPS) is 9.66. The van der Waals surface area contributed by atoms with Gasteiger partial charge in [-0.25, -0.2) is 9.59 Å². The third-order valence-corrected chi connectivity index (χ3v) is 2.24. The maximum absolute atomic E-state index is 10.9. The fourth-order valence-corrected chi connectivity index (χ4v) is 1.36. The molecule has 0 bridgehead atoms. The van der Waals surface area contributed by atoms with E-state index >= 15 is 0 Å². The van der Waals surface area contributed by atoms with Crippen LogP contribution in [-0.2, 0) is 70.0 Å². The zero-order valence-corrected chi connectivity index (χ0v) is 19.1. The Bertz CT molecular complexity index is 519. The molecule has 0 aliphatic heterocycles. The third-order valence-electron chi connectivity index (χ3n) is 2.24. The Balaban J connectivity index is -0.000000451. The first-order valence-corrected chi connectivity index (χ1v) is 8.58. The molecule has 0 aromatic rings. The Labute approximate surface area is 184 Å². The Kier molecular flexibility index (Phi) is 20.1. The molecule has 0 atom stereocenters. The summed E-state index contributed by atoms with van der Waals surface area (Å²) in [7, 11) is 0. The Morgan fingerprint density at radius 3 is 1.07 bits per heavy atom. The Hall–Kier alpha value is -1.75. The van der Waals surface area contributed by atoms with Crippen LogP contribution in [0.1, 0.15) is 67.2 Å². The van der Waals surface area contributed by atoms with Crippen molar-refractivity contribution >= 4 is 35.1 Å². The molecule has 0 fully saturated rings. The van der Waals surface area contributed by atoms with E-state index in [-0.39, 0.29) is 58.3 Å². The second kappa shape index (κ2) is 18.3. The first kappa shape index (κ1) is 31.9. The predicted octanol–water partition coefficient (Wildman–Crippen LogP) is 1.61. The first-order valence-electron chi connectivity index (χ1n) is 8.58. The Morgan fingerprint density at radius 2 is 0.862 bits per heavy atom. The number of hydrogen-bond acceptors (Lipinski definition) is 10. The number of rotatable bonds is 12. The van der Waals surface area contributed by atoms with E-state index in [1.165, 1.54) is 13.8 Å². The van der Waals surface area contributed by atoms with Gasteiger partial charge in [-0.3, -0.25) is 29.0 Å². The van der Waals surface area contributed by atoms with Gasteiger partial charge in [-0.1, -0.05) is 0 Å². The molecule has 0 aromatic carbocycles. The van der Waals surface area contributed by atoms with Crippen molar-refractivity contribution in [3.63, 3.8) is 0 Å². The summed E-state index contributed by atoms with van der Waals surface area (Å²) in [4.78, 5) is 82.2. The van der Waals surface area contributed by atoms with E-state index in [0.717, 1.165) is 0 Å². The van der Waals surface area contributed by atoms with E-state index in [0.29, 0.717) is 0 Å². The first-order chi connectivity index (χ1) is 12.8. The van der Waals surface area contributed by atoms with Crippen molar-refractivity contribution in [2.75, 3.05) is 0 Å². The summed E-state index contributed by atoms with van der Waals surface area (Å²) in [6, 6.07) is 0. The zero-order valence-electron chi connectivity index (χ0n) is 17.6. The van der Waals surface area contributed by atoms with E-state index in [1.54, 1.807) is 27.7 Å². The molecule has 10 nitrogen and oxygen atoms in total. The zero-order chi connectivity index (χ0) is 22.3. The van der Waals surface area contributed by atoms with Crippen LogP contribution in [0.25, 0.3) is 0 Å². The maximum Gasteiger partial charge on any atom is 0.349 e. The molecule has 11 heteroatoms. The summed E-state index contributed by atoms with van der Waals surface area (Å²) in [6.45, 7) is 9.31. The van der Waals surface area contributed by atoms with E-state index in [1.807, 2.05) is 0 Å². The van der Waals surface area contributed by atoms with E-state index in [2.05, 4.69) is 19.6 Å². The van der Waals surface area contributed by atoms with Gasteiger partial charge >= 0.3 is 11.9 Å². The van der Waals surface area contributed by atoms with Crippen LogP contribution in [0.2, 0.25) is 0 Å². The molecule has 164 valence electrons. The van der Waals surface area contributed by atoms with Gasteiger partial charge < -0.3 is 0 Å². The molecular formula is C18H28O10Ti. The number of Topliss-reactive ketones (excluding diaryl/α,β-unsaturated/α-hetero) is 4. The largest absolute Gasteiger partial charge is 0.349 e. The molecule has 0 rings (SSSR count). The van der Waals surface area contributed by atoms with Crippen LogP contribution in [0.15, 0.2) is 0 Å². The smallest absolute Gasteiger partial charge is 0.300 e. The number of hydrogen-bond donors (Lipinski definition) is 0. The van der Waals surface area contributed by atoms with Crippen molar-refractivity contribution in [3.05, 3.63) is 0 Å². The molecular weight excluding hydrogens is 424 g/mol. The molecule has 0 radical (unpaired) electrons. The van der Waals surface area contributed by atoms with Crippen molar-refractivity contribution in [1.82, 2.24) is 0 Å². The molecule has 0 unspecified atom stereocenters. The van der Waals surface area contributed by atoms with Crippen LogP contribution in [0, 0.1) is 0 Å². The van der Waals surface area contributed by atoms with Gasteiger partial charge in [-0.05, 0) is 41.5 Å². The van der Waals surface area contributed by atoms with E-state index < -0.39 is 36.3 Å². The van der Waals surface area contributed by atoms with Gasteiger partial charge in [0.1, 0.15) is 24.4 Å². The molecule has 0 saturated heterocycles. The van der Waals surface area contributed by atoms with Crippen molar-refractivity contribution in [2.45, 2.75) is 79.4 Å². The summed E-state index contributed by atoms with van der Waals surface area (Å²) >= 11 is 0. The minimum Gasteiger partial charge on any atom is -0.300 e. The number of ketones is 4. The quantitative estimate of drug-likeness (QED) is 0.186. The van der Waals surface area contributed by atoms with Gasteiger partial charge in [0.05, 0.1) is 25.0 Å². The fraction of sp³-hybridized carbons (Fsp3) is 0.667. The number of carbonyl (C=O) groups excluding carboxylic acids is 6. The van der Waals surface area contributed by atoms with Gasteiger partial charge in [0.25, 0.3) is 0 Å². The molecule has 0 N–H and O–H groups in total. The van der Waals surface area contributed by atoms with Gasteiger partial charge in [0.2, 0.25) is 0 Å². The second-order valence-corrected chi connectivity index (χ2v) is 6.39. The molecule has 0 spiro atoms. The standard InChI is InChI=1S/2C9H14O5.Ti/c2*1-6(2)13-14-9(12)5-8(11)4-7(3)10;/h2*6H,4-5H2,1-3H3;. The van der Waals surface area contributed by atoms with E-state index in [4.69, 9.17) is 0 Å². The molecule has 0 aliphatic carbocycles. The topological polar surface area (TPSA) is 139 Å². The molecule has 0 aliphatic rings. The van der Waals surface area contributed by atoms with Gasteiger partial charge in [-0.2, -0.15) is 9.78 Å². The molecule has 0 heterocycles. The van der Waals surface area contributed by atoms with Gasteiger partial charge in [-0.15, -0.1) is 0 Å². The third kappa shape index (κ3) is 26.3. The monoisotopic (exact) mass is 452 g/mol. The molecule has 0 saturated carbocycles. The summed E-state index contributed by atoms with van der Waals surface area (Å²) in [5, 5.41) is 0. The number of carbonyl (C=O) groups is 6. The van der Waals surface area contributed by atoms with E-state index in [9.17, 15) is 28.8 Å². The summed E-state index contributed by atoms with van der Waals surface area (Å²) < 4.78 is 0. The van der Waals surface area contributed by atoms with Crippen LogP contribution in [0.3, 0.4) is 0 Å². The van der Waals surface area contributed by atoms with Crippen LogP contribution in [0.5, 0.6) is 0 Å². The molecule has 29 heavy (non-hydrogen) atoms. The predicted molar refractivity (Wildman–Crippen MR) is 94.5 cm³/mol. The van der Waals surface area contributed by atoms with Crippen molar-refractivity contribution in [2.24, 2.45) is 0 Å². The average molecular weight is 452 g/mol. The average Bonchev–Trinajstić information content (AvgIpc) is 2.49. The van der Waals surface area contributed by atoms with Crippen LogP contribution in [-0.4, -0.2) is 47.3 Å².